The molecule has 134 valence electrons. The van der Waals surface area contributed by atoms with E-state index >= 15 is 0 Å². The third-order valence-corrected chi connectivity index (χ3v) is 5.92. The molecule has 0 spiro atoms. The van der Waals surface area contributed by atoms with E-state index in [1.165, 1.54) is 6.07 Å². The SMILES string of the molecule is C#Cc1ccc(-c2ccc(N(C)[C@H]3C[C@@H]4CC[C@@H](C4)[C@H]3F)nn2)c(O)c1. The van der Waals surface area contributed by atoms with Crippen LogP contribution in [0.5, 0.6) is 5.75 Å². The smallest absolute Gasteiger partial charge is 0.151 e. The maximum Gasteiger partial charge on any atom is 0.151 e. The maximum atomic E-state index is 14.8. The van der Waals surface area contributed by atoms with Crippen molar-refractivity contribution >= 4 is 5.82 Å². The van der Waals surface area contributed by atoms with Crippen molar-refractivity contribution in [2.75, 3.05) is 11.9 Å². The van der Waals surface area contributed by atoms with E-state index < -0.39 is 6.17 Å². The van der Waals surface area contributed by atoms with Gasteiger partial charge in [0.05, 0.1) is 11.7 Å². The molecule has 4 atom stereocenters. The number of hydrogen-bond acceptors (Lipinski definition) is 4. The Morgan fingerprint density at radius 3 is 2.73 bits per heavy atom. The van der Waals surface area contributed by atoms with Crippen LogP contribution < -0.4 is 4.90 Å². The van der Waals surface area contributed by atoms with Crippen LogP contribution in [0.15, 0.2) is 30.3 Å². The summed E-state index contributed by atoms with van der Waals surface area (Å²) < 4.78 is 14.8. The lowest BCUT2D eigenvalue weighted by Gasteiger charge is -2.38. The van der Waals surface area contributed by atoms with Crippen LogP contribution in [0.1, 0.15) is 31.2 Å². The highest BCUT2D eigenvalue weighted by Crippen LogP contribution is 2.45. The quantitative estimate of drug-likeness (QED) is 0.855. The van der Waals surface area contributed by atoms with Crippen molar-refractivity contribution in [3.63, 3.8) is 0 Å². The monoisotopic (exact) mass is 351 g/mol. The summed E-state index contributed by atoms with van der Waals surface area (Å²) in [7, 11) is 1.89. The number of rotatable bonds is 3. The molecule has 0 saturated heterocycles. The maximum absolute atomic E-state index is 14.8. The number of phenolic OH excluding ortho intramolecular Hbond substituents is 1. The molecule has 0 amide bonds. The summed E-state index contributed by atoms with van der Waals surface area (Å²) in [5.41, 5.74) is 1.74. The van der Waals surface area contributed by atoms with Gasteiger partial charge in [0.2, 0.25) is 0 Å². The first-order valence-electron chi connectivity index (χ1n) is 9.07. The Kier molecular flexibility index (Phi) is 4.28. The van der Waals surface area contributed by atoms with E-state index in [1.54, 1.807) is 18.2 Å². The Labute approximate surface area is 153 Å². The molecule has 2 bridgehead atoms. The summed E-state index contributed by atoms with van der Waals surface area (Å²) in [5, 5.41) is 18.6. The Hall–Kier alpha value is -2.61. The molecule has 2 aromatic rings. The molecular weight excluding hydrogens is 329 g/mol. The van der Waals surface area contributed by atoms with Gasteiger partial charge in [0.25, 0.3) is 0 Å². The molecule has 5 heteroatoms. The summed E-state index contributed by atoms with van der Waals surface area (Å²) in [6.07, 6.45) is 8.60. The Bertz CT molecular complexity index is 845. The third-order valence-electron chi connectivity index (χ3n) is 5.92. The number of terminal acetylenes is 1. The van der Waals surface area contributed by atoms with Crippen molar-refractivity contribution in [3.05, 3.63) is 35.9 Å². The van der Waals surface area contributed by atoms with Gasteiger partial charge in [-0.1, -0.05) is 5.92 Å². The van der Waals surface area contributed by atoms with E-state index in [0.717, 1.165) is 25.7 Å². The first-order valence-corrected chi connectivity index (χ1v) is 9.07. The first-order chi connectivity index (χ1) is 12.6. The minimum atomic E-state index is -0.805. The number of hydrogen-bond donors (Lipinski definition) is 1. The topological polar surface area (TPSA) is 49.2 Å². The molecule has 0 unspecified atom stereocenters. The second-order valence-electron chi connectivity index (χ2n) is 7.45. The van der Waals surface area contributed by atoms with Gasteiger partial charge in [0, 0.05) is 18.2 Å². The van der Waals surface area contributed by atoms with Crippen LogP contribution in [0.4, 0.5) is 10.2 Å². The Morgan fingerprint density at radius 1 is 1.19 bits per heavy atom. The van der Waals surface area contributed by atoms with Gasteiger partial charge in [-0.25, -0.2) is 4.39 Å². The summed E-state index contributed by atoms with van der Waals surface area (Å²) in [4.78, 5) is 1.92. The van der Waals surface area contributed by atoms with Crippen molar-refractivity contribution in [3.8, 4) is 29.4 Å². The third kappa shape index (κ3) is 2.90. The van der Waals surface area contributed by atoms with Gasteiger partial charge in [-0.2, -0.15) is 0 Å². The van der Waals surface area contributed by atoms with E-state index in [0.29, 0.717) is 28.6 Å². The molecule has 26 heavy (non-hydrogen) atoms. The summed E-state index contributed by atoms with van der Waals surface area (Å²) in [6.45, 7) is 0. The largest absolute Gasteiger partial charge is 0.507 e. The van der Waals surface area contributed by atoms with Crippen LogP contribution in [0.25, 0.3) is 11.3 Å². The van der Waals surface area contributed by atoms with E-state index in [9.17, 15) is 9.50 Å². The van der Waals surface area contributed by atoms with E-state index in [1.807, 2.05) is 18.0 Å². The number of benzene rings is 1. The van der Waals surface area contributed by atoms with Crippen LogP contribution in [0.2, 0.25) is 0 Å². The van der Waals surface area contributed by atoms with Crippen molar-refractivity contribution in [2.24, 2.45) is 11.8 Å². The zero-order valence-corrected chi connectivity index (χ0v) is 14.8. The predicted molar refractivity (Wildman–Crippen MR) is 99.6 cm³/mol. The van der Waals surface area contributed by atoms with Crippen LogP contribution in [0, 0.1) is 24.2 Å². The van der Waals surface area contributed by atoms with Crippen molar-refractivity contribution in [1.29, 1.82) is 0 Å². The zero-order chi connectivity index (χ0) is 18.3. The van der Waals surface area contributed by atoms with E-state index in [4.69, 9.17) is 6.42 Å². The number of halogens is 1. The van der Waals surface area contributed by atoms with Gasteiger partial charge >= 0.3 is 0 Å². The molecule has 1 heterocycles. The predicted octanol–water partition coefficient (Wildman–Crippen LogP) is 3.79. The highest BCUT2D eigenvalue weighted by atomic mass is 19.1. The van der Waals surface area contributed by atoms with Crippen LogP contribution >= 0.6 is 0 Å². The summed E-state index contributed by atoms with van der Waals surface area (Å²) in [6, 6.07) is 8.51. The number of phenols is 1. The van der Waals surface area contributed by atoms with Gasteiger partial charge in [0.1, 0.15) is 11.9 Å². The van der Waals surface area contributed by atoms with Crippen molar-refractivity contribution < 1.29 is 9.50 Å². The molecule has 4 nitrogen and oxygen atoms in total. The minimum absolute atomic E-state index is 0.0727. The van der Waals surface area contributed by atoms with Crippen LogP contribution in [0.3, 0.4) is 0 Å². The lowest BCUT2D eigenvalue weighted by molar-refractivity contribution is 0.144. The van der Waals surface area contributed by atoms with Crippen molar-refractivity contribution in [1.82, 2.24) is 10.2 Å². The van der Waals surface area contributed by atoms with Gasteiger partial charge in [-0.15, -0.1) is 16.6 Å². The molecule has 2 fully saturated rings. The lowest BCUT2D eigenvalue weighted by Crippen LogP contribution is -2.46. The molecule has 1 aromatic carbocycles. The normalized spacial score (nSPS) is 27.1. The van der Waals surface area contributed by atoms with Crippen LogP contribution in [-0.2, 0) is 0 Å². The number of fused-ring (bicyclic) bond motifs is 2. The first kappa shape index (κ1) is 16.8. The molecule has 0 aliphatic heterocycles. The molecule has 2 aliphatic rings. The van der Waals surface area contributed by atoms with Crippen LogP contribution in [-0.4, -0.2) is 34.6 Å². The second kappa shape index (κ2) is 6.60. The minimum Gasteiger partial charge on any atom is -0.507 e. The average Bonchev–Trinajstić information content (AvgIpc) is 3.08. The van der Waals surface area contributed by atoms with Gasteiger partial charge in [-0.05, 0) is 67.9 Å². The molecular formula is C21H22FN3O. The van der Waals surface area contributed by atoms with E-state index in [2.05, 4.69) is 16.1 Å². The standard InChI is InChI=1S/C21H22FN3O/c1-3-13-5-7-16(19(26)12-13)17-8-9-20(24-23-17)25(2)18-11-14-4-6-15(10-14)21(18)22/h1,5,7-9,12,14-15,18,21,26H,4,6,10-11H2,2H3/t14-,15+,18+,21-/m1/s1. The summed E-state index contributed by atoms with van der Waals surface area (Å²) >= 11 is 0. The fourth-order valence-electron chi connectivity index (χ4n) is 4.44. The lowest BCUT2D eigenvalue weighted by atomic mass is 9.83. The summed E-state index contributed by atoms with van der Waals surface area (Å²) in [5.74, 6) is 4.04. The fourth-order valence-corrected chi connectivity index (χ4v) is 4.44. The van der Waals surface area contributed by atoms with Crippen molar-refractivity contribution in [2.45, 2.75) is 37.9 Å². The van der Waals surface area contributed by atoms with Gasteiger partial charge < -0.3 is 10.0 Å². The Morgan fingerprint density at radius 2 is 2.04 bits per heavy atom. The molecule has 1 aromatic heterocycles. The molecule has 2 aliphatic carbocycles. The number of alkyl halides is 1. The van der Waals surface area contributed by atoms with Gasteiger partial charge in [0.15, 0.2) is 5.82 Å². The number of anilines is 1. The molecule has 2 saturated carbocycles. The number of aromatic nitrogens is 2. The van der Waals surface area contributed by atoms with Gasteiger partial charge in [-0.3, -0.25) is 0 Å². The number of nitrogens with zero attached hydrogens (tertiary/aromatic N) is 3. The highest BCUT2D eigenvalue weighted by Gasteiger charge is 2.44. The van der Waals surface area contributed by atoms with E-state index in [-0.39, 0.29) is 17.7 Å². The molecule has 1 N–H and O–H groups in total. The molecule has 0 radical (unpaired) electrons. The average molecular weight is 351 g/mol. The Balaban J connectivity index is 1.55. The fraction of sp³-hybridized carbons (Fsp3) is 0.429. The number of aromatic hydroxyl groups is 1. The highest BCUT2D eigenvalue weighted by molar-refractivity contribution is 5.68. The molecule has 4 rings (SSSR count). The zero-order valence-electron chi connectivity index (χ0n) is 14.8. The second-order valence-corrected chi connectivity index (χ2v) is 7.45.